The molecule has 0 unspecified atom stereocenters. The van der Waals surface area contributed by atoms with Gasteiger partial charge in [-0.1, -0.05) is 17.7 Å². The lowest BCUT2D eigenvalue weighted by molar-refractivity contribution is 0.102. The lowest BCUT2D eigenvalue weighted by Gasteiger charge is -2.06. The number of carbonyl (C=O) groups excluding carboxylic acids is 1. The predicted molar refractivity (Wildman–Crippen MR) is 88.6 cm³/mol. The Morgan fingerprint density at radius 3 is 2.79 bits per heavy atom. The lowest BCUT2D eigenvalue weighted by atomic mass is 10.2. The quantitative estimate of drug-likeness (QED) is 0.789. The first-order valence-corrected chi connectivity index (χ1v) is 7.59. The molecule has 8 heteroatoms. The van der Waals surface area contributed by atoms with Crippen LogP contribution in [-0.4, -0.2) is 25.5 Å². The third-order valence-electron chi connectivity index (χ3n) is 3.75. The van der Waals surface area contributed by atoms with Crippen LogP contribution in [0.25, 0.3) is 0 Å². The highest BCUT2D eigenvalue weighted by molar-refractivity contribution is 6.31. The molecule has 124 valence electrons. The van der Waals surface area contributed by atoms with Gasteiger partial charge in [0.25, 0.3) is 5.91 Å². The molecule has 2 aromatic heterocycles. The monoisotopic (exact) mass is 347 g/mol. The summed E-state index contributed by atoms with van der Waals surface area (Å²) in [7, 11) is 1.77. The average Bonchev–Trinajstić information content (AvgIpc) is 3.11. The van der Waals surface area contributed by atoms with E-state index in [1.54, 1.807) is 30.1 Å². The minimum atomic E-state index is -0.394. The molecule has 0 saturated heterocycles. The SMILES string of the molecule is Cc1c(C(=O)Nc2cnn(Cc3c(F)cccc3Cl)c2)cnn1C. The van der Waals surface area contributed by atoms with Crippen LogP contribution in [0.2, 0.25) is 5.02 Å². The Labute approximate surface area is 142 Å². The summed E-state index contributed by atoms with van der Waals surface area (Å²) in [5.74, 6) is -0.668. The van der Waals surface area contributed by atoms with E-state index in [1.807, 2.05) is 6.92 Å². The Hall–Kier alpha value is -2.67. The maximum atomic E-state index is 13.8. The van der Waals surface area contributed by atoms with Crippen molar-refractivity contribution in [1.82, 2.24) is 19.6 Å². The number of nitrogens with zero attached hydrogens (tertiary/aromatic N) is 4. The second-order valence-corrected chi connectivity index (χ2v) is 5.76. The standard InChI is InChI=1S/C16H15ClFN5O/c1-10-12(7-19-22(10)2)16(24)21-11-6-20-23(8-11)9-13-14(17)4-3-5-15(13)18/h3-8H,9H2,1-2H3,(H,21,24). The second-order valence-electron chi connectivity index (χ2n) is 5.35. The van der Waals surface area contributed by atoms with E-state index >= 15 is 0 Å². The van der Waals surface area contributed by atoms with Crippen molar-refractivity contribution in [1.29, 1.82) is 0 Å². The van der Waals surface area contributed by atoms with Crippen molar-refractivity contribution < 1.29 is 9.18 Å². The van der Waals surface area contributed by atoms with Crippen LogP contribution in [0.15, 0.2) is 36.8 Å². The van der Waals surface area contributed by atoms with E-state index in [0.29, 0.717) is 21.8 Å². The minimum Gasteiger partial charge on any atom is -0.319 e. The zero-order valence-corrected chi connectivity index (χ0v) is 13.9. The van der Waals surface area contributed by atoms with Crippen LogP contribution in [0, 0.1) is 12.7 Å². The molecule has 0 aliphatic rings. The fourth-order valence-corrected chi connectivity index (χ4v) is 2.50. The van der Waals surface area contributed by atoms with E-state index < -0.39 is 5.82 Å². The summed E-state index contributed by atoms with van der Waals surface area (Å²) in [6.07, 6.45) is 4.62. The van der Waals surface area contributed by atoms with Crippen molar-refractivity contribution in [2.45, 2.75) is 13.5 Å². The number of amides is 1. The van der Waals surface area contributed by atoms with Crippen LogP contribution < -0.4 is 5.32 Å². The summed E-state index contributed by atoms with van der Waals surface area (Å²) in [6, 6.07) is 4.52. The molecule has 0 aliphatic heterocycles. The molecular formula is C16H15ClFN5O. The summed E-state index contributed by atoms with van der Waals surface area (Å²) in [5.41, 5.74) is 2.11. The van der Waals surface area contributed by atoms with Gasteiger partial charge in [0, 0.05) is 29.5 Å². The predicted octanol–water partition coefficient (Wildman–Crippen LogP) is 3.02. The van der Waals surface area contributed by atoms with Gasteiger partial charge in [-0.05, 0) is 19.1 Å². The van der Waals surface area contributed by atoms with E-state index in [1.165, 1.54) is 23.1 Å². The number of halogens is 2. The molecule has 24 heavy (non-hydrogen) atoms. The third kappa shape index (κ3) is 3.16. The highest BCUT2D eigenvalue weighted by Gasteiger charge is 2.14. The minimum absolute atomic E-state index is 0.174. The normalized spacial score (nSPS) is 10.8. The van der Waals surface area contributed by atoms with Gasteiger partial charge in [0.1, 0.15) is 5.82 Å². The van der Waals surface area contributed by atoms with E-state index in [-0.39, 0.29) is 12.5 Å². The van der Waals surface area contributed by atoms with Gasteiger partial charge in [-0.2, -0.15) is 10.2 Å². The number of anilines is 1. The maximum absolute atomic E-state index is 13.8. The van der Waals surface area contributed by atoms with Crippen LogP contribution >= 0.6 is 11.6 Å². The van der Waals surface area contributed by atoms with Gasteiger partial charge in [-0.25, -0.2) is 4.39 Å². The molecule has 1 N–H and O–H groups in total. The molecule has 3 rings (SSSR count). The maximum Gasteiger partial charge on any atom is 0.259 e. The molecular weight excluding hydrogens is 333 g/mol. The van der Waals surface area contributed by atoms with Gasteiger partial charge in [0.15, 0.2) is 0 Å². The molecule has 0 fully saturated rings. The third-order valence-corrected chi connectivity index (χ3v) is 4.11. The lowest BCUT2D eigenvalue weighted by Crippen LogP contribution is -2.12. The van der Waals surface area contributed by atoms with Gasteiger partial charge in [-0.3, -0.25) is 14.2 Å². The van der Waals surface area contributed by atoms with Gasteiger partial charge >= 0.3 is 0 Å². The van der Waals surface area contributed by atoms with Crippen molar-refractivity contribution in [3.8, 4) is 0 Å². The Kier molecular flexibility index (Phi) is 4.35. The number of rotatable bonds is 4. The molecule has 1 aromatic carbocycles. The van der Waals surface area contributed by atoms with Crippen LogP contribution in [-0.2, 0) is 13.6 Å². The highest BCUT2D eigenvalue weighted by atomic mass is 35.5. The van der Waals surface area contributed by atoms with Gasteiger partial charge < -0.3 is 5.32 Å². The Balaban J connectivity index is 1.74. The molecule has 2 heterocycles. The second kappa shape index (κ2) is 6.45. The number of carbonyl (C=O) groups is 1. The van der Waals surface area contributed by atoms with Crippen LogP contribution in [0.1, 0.15) is 21.6 Å². The molecule has 6 nitrogen and oxygen atoms in total. The Morgan fingerprint density at radius 2 is 2.12 bits per heavy atom. The number of aromatic nitrogens is 4. The molecule has 0 aliphatic carbocycles. The first-order chi connectivity index (χ1) is 11.5. The Bertz CT molecular complexity index is 882. The van der Waals surface area contributed by atoms with Crippen molar-refractivity contribution >= 4 is 23.2 Å². The molecule has 0 saturated carbocycles. The summed E-state index contributed by atoms with van der Waals surface area (Å²) < 4.78 is 17.0. The summed E-state index contributed by atoms with van der Waals surface area (Å²) in [5, 5.41) is 11.2. The largest absolute Gasteiger partial charge is 0.319 e. The highest BCUT2D eigenvalue weighted by Crippen LogP contribution is 2.20. The molecule has 1 amide bonds. The van der Waals surface area contributed by atoms with Crippen LogP contribution in [0.3, 0.4) is 0 Å². The van der Waals surface area contributed by atoms with E-state index in [9.17, 15) is 9.18 Å². The number of hydrogen-bond acceptors (Lipinski definition) is 3. The van der Waals surface area contributed by atoms with Crippen molar-refractivity contribution in [2.24, 2.45) is 7.05 Å². The first kappa shape index (κ1) is 16.2. The summed E-state index contributed by atoms with van der Waals surface area (Å²) in [4.78, 5) is 12.2. The van der Waals surface area contributed by atoms with Crippen molar-refractivity contribution in [2.75, 3.05) is 5.32 Å². The Morgan fingerprint density at radius 1 is 1.33 bits per heavy atom. The van der Waals surface area contributed by atoms with E-state index in [0.717, 1.165) is 5.69 Å². The number of benzene rings is 1. The van der Waals surface area contributed by atoms with E-state index in [4.69, 9.17) is 11.6 Å². The fourth-order valence-electron chi connectivity index (χ4n) is 2.28. The van der Waals surface area contributed by atoms with Gasteiger partial charge in [0.05, 0.1) is 30.2 Å². The van der Waals surface area contributed by atoms with Crippen LogP contribution in [0.5, 0.6) is 0 Å². The fraction of sp³-hybridized carbons (Fsp3) is 0.188. The molecule has 0 spiro atoms. The van der Waals surface area contributed by atoms with Crippen molar-refractivity contribution in [3.63, 3.8) is 0 Å². The molecule has 3 aromatic rings. The zero-order chi connectivity index (χ0) is 17.3. The molecule has 0 radical (unpaired) electrons. The number of nitrogens with one attached hydrogen (secondary N) is 1. The van der Waals surface area contributed by atoms with E-state index in [2.05, 4.69) is 15.5 Å². The van der Waals surface area contributed by atoms with Gasteiger partial charge in [-0.15, -0.1) is 0 Å². The zero-order valence-electron chi connectivity index (χ0n) is 13.1. The number of hydrogen-bond donors (Lipinski definition) is 1. The first-order valence-electron chi connectivity index (χ1n) is 7.21. The van der Waals surface area contributed by atoms with Crippen LogP contribution in [0.4, 0.5) is 10.1 Å². The molecule has 0 atom stereocenters. The number of aryl methyl sites for hydroxylation is 1. The van der Waals surface area contributed by atoms with Crippen molar-refractivity contribution in [3.05, 3.63) is 64.5 Å². The summed E-state index contributed by atoms with van der Waals surface area (Å²) in [6.45, 7) is 1.98. The topological polar surface area (TPSA) is 64.7 Å². The summed E-state index contributed by atoms with van der Waals surface area (Å²) >= 11 is 6.01. The van der Waals surface area contributed by atoms with Gasteiger partial charge in [0.2, 0.25) is 0 Å². The molecule has 0 bridgehead atoms. The average molecular weight is 348 g/mol. The smallest absolute Gasteiger partial charge is 0.259 e.